The van der Waals surface area contributed by atoms with E-state index in [-0.39, 0.29) is 6.04 Å². The third kappa shape index (κ3) is 5.60. The smallest absolute Gasteiger partial charge is 0.208 e. The first-order chi connectivity index (χ1) is 8.42. The zero-order chi connectivity index (χ0) is 13.6. The first-order valence-corrected chi connectivity index (χ1v) is 8.31. The summed E-state index contributed by atoms with van der Waals surface area (Å²) in [5.41, 5.74) is 0. The van der Waals surface area contributed by atoms with Crippen molar-refractivity contribution in [1.82, 2.24) is 10.0 Å². The molecule has 1 rings (SSSR count). The van der Waals surface area contributed by atoms with E-state index in [4.69, 9.17) is 5.26 Å². The van der Waals surface area contributed by atoms with Crippen LogP contribution in [-0.4, -0.2) is 27.8 Å². The third-order valence-corrected chi connectivity index (χ3v) is 4.23. The Morgan fingerprint density at radius 2 is 2.17 bits per heavy atom. The molecule has 18 heavy (non-hydrogen) atoms. The Balaban J connectivity index is 2.25. The highest BCUT2D eigenvalue weighted by Gasteiger charge is 2.07. The van der Waals surface area contributed by atoms with Crippen molar-refractivity contribution in [1.29, 1.82) is 5.26 Å². The number of nitriles is 1. The van der Waals surface area contributed by atoms with Crippen molar-refractivity contribution in [3.63, 3.8) is 0 Å². The fourth-order valence-corrected chi connectivity index (χ4v) is 2.76. The lowest BCUT2D eigenvalue weighted by atomic mass is 10.2. The van der Waals surface area contributed by atoms with Crippen LogP contribution in [-0.2, 0) is 10.0 Å². The quantitative estimate of drug-likeness (QED) is 0.739. The van der Waals surface area contributed by atoms with Crippen molar-refractivity contribution in [2.45, 2.75) is 19.4 Å². The summed E-state index contributed by atoms with van der Waals surface area (Å²) in [5, 5.41) is 12.0. The summed E-state index contributed by atoms with van der Waals surface area (Å²) >= 11 is 1.47. The number of thiophene rings is 1. The first-order valence-electron chi connectivity index (χ1n) is 5.60. The van der Waals surface area contributed by atoms with Gasteiger partial charge in [-0.05, 0) is 32.0 Å². The molecular formula is C11H17N3O2S2. The van der Waals surface area contributed by atoms with E-state index in [1.165, 1.54) is 11.3 Å². The molecule has 1 atom stereocenters. The van der Waals surface area contributed by atoms with Crippen LogP contribution in [0.2, 0.25) is 0 Å². The topological polar surface area (TPSA) is 82.0 Å². The number of nitrogens with zero attached hydrogens (tertiary/aromatic N) is 1. The summed E-state index contributed by atoms with van der Waals surface area (Å²) in [4.78, 5) is 1.82. The van der Waals surface area contributed by atoms with Gasteiger partial charge in [0.1, 0.15) is 10.9 Å². The van der Waals surface area contributed by atoms with Crippen LogP contribution in [0.5, 0.6) is 0 Å². The minimum atomic E-state index is -3.09. The summed E-state index contributed by atoms with van der Waals surface area (Å²) in [6.07, 6.45) is 1.88. The van der Waals surface area contributed by atoms with E-state index in [0.29, 0.717) is 11.4 Å². The van der Waals surface area contributed by atoms with Crippen LogP contribution in [0.4, 0.5) is 0 Å². The summed E-state index contributed by atoms with van der Waals surface area (Å²) in [7, 11) is -3.09. The summed E-state index contributed by atoms with van der Waals surface area (Å²) in [6, 6.07) is 6.03. The number of sulfonamides is 1. The summed E-state index contributed by atoms with van der Waals surface area (Å²) < 4.78 is 24.1. The van der Waals surface area contributed by atoms with Crippen LogP contribution in [0.15, 0.2) is 12.1 Å². The second-order valence-electron chi connectivity index (χ2n) is 4.01. The van der Waals surface area contributed by atoms with Crippen LogP contribution in [0.3, 0.4) is 0 Å². The average molecular weight is 287 g/mol. The first kappa shape index (κ1) is 15.1. The van der Waals surface area contributed by atoms with E-state index in [1.807, 2.05) is 19.1 Å². The maximum absolute atomic E-state index is 10.8. The number of hydrogen-bond acceptors (Lipinski definition) is 5. The van der Waals surface area contributed by atoms with Crippen LogP contribution in [0.1, 0.15) is 29.1 Å². The van der Waals surface area contributed by atoms with Gasteiger partial charge in [-0.15, -0.1) is 11.3 Å². The maximum atomic E-state index is 10.8. The van der Waals surface area contributed by atoms with E-state index in [0.717, 1.165) is 24.1 Å². The number of nitrogens with one attached hydrogen (secondary N) is 2. The van der Waals surface area contributed by atoms with Crippen molar-refractivity contribution in [3.8, 4) is 6.07 Å². The Labute approximate surface area is 112 Å². The van der Waals surface area contributed by atoms with E-state index < -0.39 is 10.0 Å². The van der Waals surface area contributed by atoms with Crippen LogP contribution in [0.25, 0.3) is 0 Å². The molecular weight excluding hydrogens is 270 g/mol. The van der Waals surface area contributed by atoms with E-state index >= 15 is 0 Å². The van der Waals surface area contributed by atoms with Gasteiger partial charge in [0.05, 0.1) is 6.26 Å². The van der Waals surface area contributed by atoms with E-state index in [1.54, 1.807) is 0 Å². The van der Waals surface area contributed by atoms with Crippen LogP contribution >= 0.6 is 11.3 Å². The van der Waals surface area contributed by atoms with Gasteiger partial charge in [0.2, 0.25) is 10.0 Å². The van der Waals surface area contributed by atoms with Gasteiger partial charge in [0.25, 0.3) is 0 Å². The van der Waals surface area contributed by atoms with Gasteiger partial charge in [-0.3, -0.25) is 0 Å². The lowest BCUT2D eigenvalue weighted by molar-refractivity contribution is 0.553. The molecule has 0 aliphatic rings. The molecule has 7 heteroatoms. The van der Waals surface area contributed by atoms with Gasteiger partial charge in [0.15, 0.2) is 0 Å². The second kappa shape index (κ2) is 6.85. The van der Waals surface area contributed by atoms with Gasteiger partial charge in [-0.2, -0.15) is 5.26 Å². The van der Waals surface area contributed by atoms with Crippen LogP contribution < -0.4 is 10.0 Å². The molecule has 0 fully saturated rings. The Morgan fingerprint density at radius 3 is 2.72 bits per heavy atom. The second-order valence-corrected chi connectivity index (χ2v) is 6.96. The highest BCUT2D eigenvalue weighted by Crippen LogP contribution is 2.22. The Bertz CT molecular complexity index is 517. The van der Waals surface area contributed by atoms with Gasteiger partial charge in [-0.1, -0.05) is 0 Å². The minimum Gasteiger partial charge on any atom is -0.309 e. The molecule has 1 aromatic heterocycles. The standard InChI is InChI=1S/C11H17N3O2S2/c1-9(11-5-4-10(8-12)17-11)13-6-3-7-14-18(2,15)16/h4-5,9,13-14H,3,6-7H2,1-2H3. The molecule has 0 aromatic carbocycles. The Morgan fingerprint density at radius 1 is 1.44 bits per heavy atom. The molecule has 0 saturated heterocycles. The lowest BCUT2D eigenvalue weighted by Crippen LogP contribution is -2.27. The predicted octanol–water partition coefficient (Wildman–Crippen LogP) is 1.21. The molecule has 1 aromatic rings. The molecule has 1 heterocycles. The molecule has 1 unspecified atom stereocenters. The van der Waals surface area contributed by atoms with Crippen molar-refractivity contribution in [3.05, 3.63) is 21.9 Å². The molecule has 100 valence electrons. The molecule has 5 nitrogen and oxygen atoms in total. The highest BCUT2D eigenvalue weighted by molar-refractivity contribution is 7.88. The Kier molecular flexibility index (Phi) is 5.75. The van der Waals surface area contributed by atoms with Crippen molar-refractivity contribution in [2.24, 2.45) is 0 Å². The van der Waals surface area contributed by atoms with Crippen molar-refractivity contribution < 1.29 is 8.42 Å². The van der Waals surface area contributed by atoms with Gasteiger partial charge >= 0.3 is 0 Å². The molecule has 0 radical (unpaired) electrons. The minimum absolute atomic E-state index is 0.176. The summed E-state index contributed by atoms with van der Waals surface area (Å²) in [5.74, 6) is 0. The molecule has 0 amide bonds. The highest BCUT2D eigenvalue weighted by atomic mass is 32.2. The maximum Gasteiger partial charge on any atom is 0.208 e. The molecule has 0 aliphatic carbocycles. The molecule has 0 aliphatic heterocycles. The monoisotopic (exact) mass is 287 g/mol. The fourth-order valence-electron chi connectivity index (χ4n) is 1.41. The molecule has 0 bridgehead atoms. The van der Waals surface area contributed by atoms with E-state index in [9.17, 15) is 8.42 Å². The third-order valence-electron chi connectivity index (χ3n) is 2.33. The van der Waals surface area contributed by atoms with Gasteiger partial charge in [-0.25, -0.2) is 13.1 Å². The van der Waals surface area contributed by atoms with Gasteiger partial charge in [0, 0.05) is 17.5 Å². The molecule has 0 spiro atoms. The Hall–Kier alpha value is -0.940. The summed E-state index contributed by atoms with van der Waals surface area (Å²) in [6.45, 7) is 3.19. The zero-order valence-corrected chi connectivity index (χ0v) is 12.1. The van der Waals surface area contributed by atoms with Crippen molar-refractivity contribution in [2.75, 3.05) is 19.3 Å². The molecule has 0 saturated carbocycles. The van der Waals surface area contributed by atoms with Crippen molar-refractivity contribution >= 4 is 21.4 Å². The van der Waals surface area contributed by atoms with Crippen LogP contribution in [0, 0.1) is 11.3 Å². The van der Waals surface area contributed by atoms with Gasteiger partial charge < -0.3 is 5.32 Å². The SMILES string of the molecule is CC(NCCCNS(C)(=O)=O)c1ccc(C#N)s1. The zero-order valence-electron chi connectivity index (χ0n) is 10.4. The fraction of sp³-hybridized carbons (Fsp3) is 0.545. The largest absolute Gasteiger partial charge is 0.309 e. The normalized spacial score (nSPS) is 13.2. The number of rotatable bonds is 7. The van der Waals surface area contributed by atoms with E-state index in [2.05, 4.69) is 16.1 Å². The predicted molar refractivity (Wildman–Crippen MR) is 72.9 cm³/mol. The number of hydrogen-bond donors (Lipinski definition) is 2. The lowest BCUT2D eigenvalue weighted by Gasteiger charge is -2.11. The average Bonchev–Trinajstić information content (AvgIpc) is 2.75. The molecule has 2 N–H and O–H groups in total.